The minimum absolute atomic E-state index is 0.00778. The molecule has 0 saturated carbocycles. The largest absolute Gasteiger partial charge is 0.473 e. The van der Waals surface area contributed by atoms with Gasteiger partial charge < -0.3 is 14.4 Å². The average molecular weight is 439 g/mol. The van der Waals surface area contributed by atoms with Crippen molar-refractivity contribution in [3.8, 4) is 5.88 Å². The van der Waals surface area contributed by atoms with Gasteiger partial charge in [-0.2, -0.15) is 0 Å². The first kappa shape index (κ1) is 22.3. The lowest BCUT2D eigenvalue weighted by Gasteiger charge is -2.33. The predicted octanol–water partition coefficient (Wildman–Crippen LogP) is 5.71. The Morgan fingerprint density at radius 3 is 2.43 bits per heavy atom. The standard InChI is InChI=1S/C22H25ClF2N2O3/c1-22(2,3)30-21(28)27-9-7-14(8-10-27)19-5-4-6-20(26-19)29-13-16-17(24)11-15(23)12-18(16)25/h4-6,11-12,14H,7-10,13H2,1-3H3. The van der Waals surface area contributed by atoms with Crippen molar-refractivity contribution in [3.05, 3.63) is 58.2 Å². The molecule has 5 nitrogen and oxygen atoms in total. The van der Waals surface area contributed by atoms with Gasteiger partial charge in [0.2, 0.25) is 5.88 Å². The number of benzene rings is 1. The van der Waals surface area contributed by atoms with Crippen molar-refractivity contribution in [2.24, 2.45) is 0 Å². The number of halogens is 3. The van der Waals surface area contributed by atoms with Gasteiger partial charge >= 0.3 is 6.09 Å². The number of hydrogen-bond acceptors (Lipinski definition) is 4. The molecule has 2 aromatic rings. The van der Waals surface area contributed by atoms with Crippen molar-refractivity contribution in [2.45, 2.75) is 51.7 Å². The van der Waals surface area contributed by atoms with Crippen LogP contribution in [0.1, 0.15) is 50.8 Å². The molecule has 1 aliphatic rings. The van der Waals surface area contributed by atoms with Gasteiger partial charge in [-0.1, -0.05) is 17.7 Å². The number of likely N-dealkylation sites (tertiary alicyclic amines) is 1. The van der Waals surface area contributed by atoms with Crippen LogP contribution < -0.4 is 4.74 Å². The molecule has 0 radical (unpaired) electrons. The monoisotopic (exact) mass is 438 g/mol. The molecule has 1 aromatic heterocycles. The Balaban J connectivity index is 1.59. The van der Waals surface area contributed by atoms with Crippen LogP contribution in [0.15, 0.2) is 30.3 Å². The van der Waals surface area contributed by atoms with Gasteiger partial charge in [0.05, 0.1) is 5.56 Å². The number of aromatic nitrogens is 1. The molecule has 30 heavy (non-hydrogen) atoms. The Bertz CT molecular complexity index is 886. The van der Waals surface area contributed by atoms with Crippen molar-refractivity contribution in [3.63, 3.8) is 0 Å². The summed E-state index contributed by atoms with van der Waals surface area (Å²) in [6, 6.07) is 7.43. The van der Waals surface area contributed by atoms with E-state index >= 15 is 0 Å². The lowest BCUT2D eigenvalue weighted by atomic mass is 9.93. The number of carbonyl (C=O) groups is 1. The summed E-state index contributed by atoms with van der Waals surface area (Å²) < 4.78 is 38.8. The fourth-order valence-corrected chi connectivity index (χ4v) is 3.47. The Hall–Kier alpha value is -2.41. The normalized spacial score (nSPS) is 15.2. The van der Waals surface area contributed by atoms with Crippen LogP contribution in [0.2, 0.25) is 5.02 Å². The van der Waals surface area contributed by atoms with E-state index in [4.69, 9.17) is 21.1 Å². The molecule has 0 aliphatic carbocycles. The van der Waals surface area contributed by atoms with E-state index in [1.165, 1.54) is 0 Å². The number of ether oxygens (including phenoxy) is 2. The SMILES string of the molecule is CC(C)(C)OC(=O)N1CCC(c2cccc(OCc3c(F)cc(Cl)cc3F)n2)CC1. The van der Waals surface area contributed by atoms with E-state index in [9.17, 15) is 13.6 Å². The van der Waals surface area contributed by atoms with Crippen molar-refractivity contribution in [1.82, 2.24) is 9.88 Å². The number of hydrogen-bond donors (Lipinski definition) is 0. The third-order valence-electron chi connectivity index (χ3n) is 4.78. The summed E-state index contributed by atoms with van der Waals surface area (Å²) in [5, 5.41) is -0.00778. The number of pyridine rings is 1. The van der Waals surface area contributed by atoms with Gasteiger partial charge in [-0.15, -0.1) is 0 Å². The van der Waals surface area contributed by atoms with Gasteiger partial charge in [0.25, 0.3) is 0 Å². The zero-order valence-electron chi connectivity index (χ0n) is 17.3. The third kappa shape index (κ3) is 5.81. The van der Waals surface area contributed by atoms with Crippen LogP contribution >= 0.6 is 11.6 Å². The van der Waals surface area contributed by atoms with Crippen molar-refractivity contribution < 1.29 is 23.0 Å². The molecule has 0 N–H and O–H groups in total. The first-order valence-electron chi connectivity index (χ1n) is 9.83. The predicted molar refractivity (Wildman–Crippen MR) is 110 cm³/mol. The van der Waals surface area contributed by atoms with Gasteiger partial charge in [-0.25, -0.2) is 18.6 Å². The zero-order valence-corrected chi connectivity index (χ0v) is 18.0. The van der Waals surface area contributed by atoms with Crippen LogP contribution in [0, 0.1) is 11.6 Å². The molecule has 0 unspecified atom stereocenters. The average Bonchev–Trinajstić information content (AvgIpc) is 2.66. The summed E-state index contributed by atoms with van der Waals surface area (Å²) in [7, 11) is 0. The quantitative estimate of drug-likeness (QED) is 0.613. The van der Waals surface area contributed by atoms with Crippen LogP contribution in [0.3, 0.4) is 0 Å². The highest BCUT2D eigenvalue weighted by molar-refractivity contribution is 6.30. The van der Waals surface area contributed by atoms with Crippen LogP contribution in [0.25, 0.3) is 0 Å². The van der Waals surface area contributed by atoms with Crippen molar-refractivity contribution in [2.75, 3.05) is 13.1 Å². The highest BCUT2D eigenvalue weighted by Crippen LogP contribution is 2.29. The molecule has 0 atom stereocenters. The maximum Gasteiger partial charge on any atom is 0.410 e. The van der Waals surface area contributed by atoms with E-state index in [1.807, 2.05) is 26.8 Å². The van der Waals surface area contributed by atoms with Crippen LogP contribution in [-0.2, 0) is 11.3 Å². The van der Waals surface area contributed by atoms with E-state index in [2.05, 4.69) is 4.98 Å². The van der Waals surface area contributed by atoms with Gasteiger partial charge in [0.1, 0.15) is 23.8 Å². The lowest BCUT2D eigenvalue weighted by molar-refractivity contribution is 0.0204. The summed E-state index contributed by atoms with van der Waals surface area (Å²) >= 11 is 5.64. The van der Waals surface area contributed by atoms with Crippen molar-refractivity contribution >= 4 is 17.7 Å². The van der Waals surface area contributed by atoms with E-state index in [1.54, 1.807) is 17.0 Å². The van der Waals surface area contributed by atoms with E-state index in [-0.39, 0.29) is 35.1 Å². The van der Waals surface area contributed by atoms with E-state index < -0.39 is 17.2 Å². The molecule has 8 heteroatoms. The van der Waals surface area contributed by atoms with Gasteiger partial charge in [0, 0.05) is 35.8 Å². The maximum absolute atomic E-state index is 13.9. The smallest absolute Gasteiger partial charge is 0.410 e. The molecular weight excluding hydrogens is 414 g/mol. The third-order valence-corrected chi connectivity index (χ3v) is 5.00. The second-order valence-corrected chi connectivity index (χ2v) is 8.72. The molecular formula is C22H25ClF2N2O3. The summed E-state index contributed by atoms with van der Waals surface area (Å²) in [4.78, 5) is 18.4. The summed E-state index contributed by atoms with van der Waals surface area (Å²) in [6.07, 6.45) is 1.18. The molecule has 1 aromatic carbocycles. The fraction of sp³-hybridized carbons (Fsp3) is 0.455. The van der Waals surface area contributed by atoms with Crippen LogP contribution in [-0.4, -0.2) is 34.7 Å². The number of amides is 1. The Morgan fingerprint density at radius 1 is 1.20 bits per heavy atom. The highest BCUT2D eigenvalue weighted by Gasteiger charge is 2.28. The Morgan fingerprint density at radius 2 is 1.83 bits per heavy atom. The summed E-state index contributed by atoms with van der Waals surface area (Å²) in [5.74, 6) is -1.07. The Labute approximate surface area is 179 Å². The fourth-order valence-electron chi connectivity index (χ4n) is 3.28. The Kier molecular flexibility index (Phi) is 6.81. The molecule has 3 rings (SSSR count). The first-order valence-corrected chi connectivity index (χ1v) is 10.2. The molecule has 0 bridgehead atoms. The summed E-state index contributed by atoms with van der Waals surface area (Å²) in [5.41, 5.74) is 0.107. The van der Waals surface area contributed by atoms with Gasteiger partial charge in [-0.3, -0.25) is 0 Å². The highest BCUT2D eigenvalue weighted by atomic mass is 35.5. The number of piperidine rings is 1. The molecule has 1 saturated heterocycles. The zero-order chi connectivity index (χ0) is 21.9. The summed E-state index contributed by atoms with van der Waals surface area (Å²) in [6.45, 7) is 6.39. The van der Waals surface area contributed by atoms with E-state index in [0.717, 1.165) is 30.7 Å². The van der Waals surface area contributed by atoms with E-state index in [0.29, 0.717) is 13.1 Å². The van der Waals surface area contributed by atoms with Crippen LogP contribution in [0.4, 0.5) is 13.6 Å². The van der Waals surface area contributed by atoms with Crippen molar-refractivity contribution in [1.29, 1.82) is 0 Å². The first-order chi connectivity index (χ1) is 14.1. The van der Waals surface area contributed by atoms with Gasteiger partial charge in [0.15, 0.2) is 0 Å². The second-order valence-electron chi connectivity index (χ2n) is 8.28. The lowest BCUT2D eigenvalue weighted by Crippen LogP contribution is -2.41. The minimum Gasteiger partial charge on any atom is -0.473 e. The topological polar surface area (TPSA) is 51.7 Å². The van der Waals surface area contributed by atoms with Gasteiger partial charge in [-0.05, 0) is 51.8 Å². The molecule has 1 fully saturated rings. The second kappa shape index (κ2) is 9.16. The minimum atomic E-state index is -0.759. The van der Waals surface area contributed by atoms with Crippen LogP contribution in [0.5, 0.6) is 5.88 Å². The molecule has 2 heterocycles. The molecule has 162 valence electrons. The molecule has 1 aliphatic heterocycles. The number of rotatable bonds is 4. The number of nitrogens with zero attached hydrogens (tertiary/aromatic N) is 2. The maximum atomic E-state index is 13.9. The molecule has 1 amide bonds. The number of carbonyl (C=O) groups excluding carboxylic acids is 1. The molecule has 0 spiro atoms.